The van der Waals surface area contributed by atoms with Gasteiger partial charge in [0.15, 0.2) is 29.2 Å². The van der Waals surface area contributed by atoms with Crippen LogP contribution in [-0.2, 0) is 9.53 Å². The van der Waals surface area contributed by atoms with Gasteiger partial charge in [-0.2, -0.15) is 5.10 Å². The van der Waals surface area contributed by atoms with E-state index in [1.54, 1.807) is 44.2 Å². The number of nitrogens with one attached hydrogen (secondary N) is 3. The Kier molecular flexibility index (Phi) is 9.16. The van der Waals surface area contributed by atoms with Gasteiger partial charge in [-0.15, -0.1) is 0 Å². The van der Waals surface area contributed by atoms with E-state index in [9.17, 15) is 19.8 Å². The molecule has 2 amide bonds. The van der Waals surface area contributed by atoms with Crippen LogP contribution in [0.5, 0.6) is 23.0 Å². The SMILES string of the molecule is CCOc1cc([C@@H]2NC(=O)NC(C)=C2C(=O)OC)ccc1OC[C@@H](O)N/N=C/c1ccc(OC)c(O)c1. The van der Waals surface area contributed by atoms with E-state index >= 15 is 0 Å². The molecule has 2 aromatic rings. The summed E-state index contributed by atoms with van der Waals surface area (Å²) in [6.07, 6.45) is 0.266. The number of phenolic OH excluding ortho intramolecular Hbond substituents is 1. The first kappa shape index (κ1) is 27.1. The molecule has 0 unspecified atom stereocenters. The van der Waals surface area contributed by atoms with E-state index in [0.29, 0.717) is 40.7 Å². The van der Waals surface area contributed by atoms with Crippen LogP contribution in [0.3, 0.4) is 0 Å². The first-order valence-electron chi connectivity index (χ1n) is 11.4. The third-order valence-corrected chi connectivity index (χ3v) is 5.31. The third-order valence-electron chi connectivity index (χ3n) is 5.31. The van der Waals surface area contributed by atoms with Gasteiger partial charge in [-0.25, -0.2) is 9.59 Å². The van der Waals surface area contributed by atoms with Crippen LogP contribution in [0.2, 0.25) is 0 Å². The summed E-state index contributed by atoms with van der Waals surface area (Å²) in [4.78, 5) is 24.4. The van der Waals surface area contributed by atoms with Gasteiger partial charge in [0.2, 0.25) is 0 Å². The molecule has 2 atom stereocenters. The largest absolute Gasteiger partial charge is 0.504 e. The van der Waals surface area contributed by atoms with E-state index in [0.717, 1.165) is 0 Å². The van der Waals surface area contributed by atoms with Crippen LogP contribution in [0.4, 0.5) is 4.79 Å². The highest BCUT2D eigenvalue weighted by atomic mass is 16.5. The lowest BCUT2D eigenvalue weighted by Gasteiger charge is -2.28. The number of amides is 2. The lowest BCUT2D eigenvalue weighted by molar-refractivity contribution is -0.136. The molecule has 0 fully saturated rings. The Labute approximate surface area is 213 Å². The maximum atomic E-state index is 12.4. The second kappa shape index (κ2) is 12.5. The van der Waals surface area contributed by atoms with Crippen molar-refractivity contribution in [1.29, 1.82) is 0 Å². The number of nitrogens with zero attached hydrogens (tertiary/aromatic N) is 1. The Morgan fingerprint density at radius 1 is 1.16 bits per heavy atom. The van der Waals surface area contributed by atoms with Crippen molar-refractivity contribution in [3.8, 4) is 23.0 Å². The van der Waals surface area contributed by atoms with Crippen molar-refractivity contribution in [3.05, 3.63) is 58.8 Å². The van der Waals surface area contributed by atoms with E-state index in [1.165, 1.54) is 26.5 Å². The summed E-state index contributed by atoms with van der Waals surface area (Å²) in [5.41, 5.74) is 4.36. The second-order valence-electron chi connectivity index (χ2n) is 7.85. The molecule has 2 aromatic carbocycles. The van der Waals surface area contributed by atoms with Gasteiger partial charge in [0.1, 0.15) is 6.61 Å². The summed E-state index contributed by atoms with van der Waals surface area (Å²) in [5.74, 6) is 0.434. The van der Waals surface area contributed by atoms with Crippen LogP contribution in [-0.4, -0.2) is 62.1 Å². The van der Waals surface area contributed by atoms with Crippen LogP contribution in [0.1, 0.15) is 31.0 Å². The van der Waals surface area contributed by atoms with E-state index in [-0.39, 0.29) is 17.9 Å². The Morgan fingerprint density at radius 2 is 1.92 bits per heavy atom. The van der Waals surface area contributed by atoms with Crippen molar-refractivity contribution in [2.45, 2.75) is 26.1 Å². The molecule has 3 rings (SSSR count). The van der Waals surface area contributed by atoms with Gasteiger partial charge < -0.3 is 39.8 Å². The topological polar surface area (TPSA) is 160 Å². The van der Waals surface area contributed by atoms with Gasteiger partial charge in [0, 0.05) is 5.70 Å². The first-order chi connectivity index (χ1) is 17.8. The number of hydrazone groups is 1. The van der Waals surface area contributed by atoms with Gasteiger partial charge >= 0.3 is 12.0 Å². The minimum atomic E-state index is -1.16. The number of aliphatic hydroxyl groups excluding tert-OH is 1. The standard InChI is InChI=1S/C25H30N4O8/c1-5-36-20-11-16(23-22(24(32)35-4)14(2)27-25(33)28-23)7-9-19(20)37-13-21(31)29-26-12-15-6-8-18(34-3)17(30)10-15/h6-12,21,23,29-31H,5,13H2,1-4H3,(H2,27,28,33)/b26-12+/t21-,23+/m1/s1. The fourth-order valence-electron chi connectivity index (χ4n) is 3.61. The smallest absolute Gasteiger partial charge is 0.337 e. The number of methoxy groups -OCH3 is 2. The van der Waals surface area contributed by atoms with E-state index < -0.39 is 24.3 Å². The molecule has 0 saturated carbocycles. The third kappa shape index (κ3) is 6.82. The zero-order valence-electron chi connectivity index (χ0n) is 20.9. The first-order valence-corrected chi connectivity index (χ1v) is 11.4. The predicted octanol–water partition coefficient (Wildman–Crippen LogP) is 1.92. The molecule has 0 aliphatic carbocycles. The minimum absolute atomic E-state index is 0.0318. The summed E-state index contributed by atoms with van der Waals surface area (Å²) in [5, 5.41) is 29.3. The Morgan fingerprint density at radius 3 is 2.59 bits per heavy atom. The van der Waals surface area contributed by atoms with E-state index in [4.69, 9.17) is 18.9 Å². The van der Waals surface area contributed by atoms with Crippen molar-refractivity contribution in [2.24, 2.45) is 5.10 Å². The van der Waals surface area contributed by atoms with Crippen molar-refractivity contribution in [2.75, 3.05) is 27.4 Å². The Bertz CT molecular complexity index is 1200. The average Bonchev–Trinajstić information content (AvgIpc) is 2.87. The fourth-order valence-corrected chi connectivity index (χ4v) is 3.61. The molecule has 1 aliphatic rings. The van der Waals surface area contributed by atoms with Gasteiger partial charge in [0.25, 0.3) is 0 Å². The summed E-state index contributed by atoms with van der Waals surface area (Å²) in [7, 11) is 2.72. The fraction of sp³-hybridized carbons (Fsp3) is 0.320. The number of allylic oxidation sites excluding steroid dienone is 1. The second-order valence-corrected chi connectivity index (χ2v) is 7.85. The molecule has 0 aromatic heterocycles. The number of hydrogen-bond donors (Lipinski definition) is 5. The molecule has 1 aliphatic heterocycles. The monoisotopic (exact) mass is 514 g/mol. The zero-order chi connectivity index (χ0) is 26.9. The zero-order valence-corrected chi connectivity index (χ0v) is 20.9. The molecule has 0 saturated heterocycles. The minimum Gasteiger partial charge on any atom is -0.504 e. The van der Waals surface area contributed by atoms with Crippen LogP contribution in [0.25, 0.3) is 0 Å². The molecule has 0 spiro atoms. The predicted molar refractivity (Wildman–Crippen MR) is 134 cm³/mol. The molecular formula is C25H30N4O8. The maximum Gasteiger partial charge on any atom is 0.337 e. The number of aliphatic hydroxyl groups is 1. The highest BCUT2D eigenvalue weighted by molar-refractivity contribution is 5.95. The van der Waals surface area contributed by atoms with Crippen molar-refractivity contribution < 1.29 is 38.7 Å². The number of rotatable bonds is 11. The van der Waals surface area contributed by atoms with Gasteiger partial charge in [-0.3, -0.25) is 5.43 Å². The van der Waals surface area contributed by atoms with E-state index in [1.807, 2.05) is 0 Å². The lowest BCUT2D eigenvalue weighted by Crippen LogP contribution is -2.45. The Hall–Kier alpha value is -4.45. The number of hydrogen-bond acceptors (Lipinski definition) is 10. The number of esters is 1. The van der Waals surface area contributed by atoms with Crippen molar-refractivity contribution >= 4 is 18.2 Å². The maximum absolute atomic E-state index is 12.4. The van der Waals surface area contributed by atoms with Crippen molar-refractivity contribution in [3.63, 3.8) is 0 Å². The Balaban J connectivity index is 1.69. The number of carbonyl (C=O) groups is 2. The average molecular weight is 515 g/mol. The number of ether oxygens (including phenoxy) is 4. The molecule has 198 valence electrons. The lowest BCUT2D eigenvalue weighted by atomic mass is 9.95. The quantitative estimate of drug-likeness (QED) is 0.131. The van der Waals surface area contributed by atoms with Crippen molar-refractivity contribution in [1.82, 2.24) is 16.1 Å². The number of phenols is 1. The molecule has 5 N–H and O–H groups in total. The summed E-state index contributed by atoms with van der Waals surface area (Å²) in [6.45, 7) is 3.58. The van der Waals surface area contributed by atoms with Gasteiger partial charge in [-0.1, -0.05) is 6.07 Å². The molecular weight excluding hydrogens is 484 g/mol. The molecule has 12 nitrogen and oxygen atoms in total. The summed E-state index contributed by atoms with van der Waals surface area (Å²) in [6, 6.07) is 8.50. The molecule has 1 heterocycles. The summed E-state index contributed by atoms with van der Waals surface area (Å²) >= 11 is 0. The molecule has 12 heteroatoms. The highest BCUT2D eigenvalue weighted by Crippen LogP contribution is 2.35. The number of urea groups is 1. The van der Waals surface area contributed by atoms with Crippen LogP contribution >= 0.6 is 0 Å². The molecule has 37 heavy (non-hydrogen) atoms. The van der Waals surface area contributed by atoms with Crippen LogP contribution < -0.4 is 30.3 Å². The van der Waals surface area contributed by atoms with Crippen LogP contribution in [0.15, 0.2) is 52.8 Å². The summed E-state index contributed by atoms with van der Waals surface area (Å²) < 4.78 is 21.3. The normalized spacial score (nSPS) is 16.0. The van der Waals surface area contributed by atoms with Crippen LogP contribution in [0, 0.1) is 0 Å². The molecule has 0 radical (unpaired) electrons. The number of carbonyl (C=O) groups excluding carboxylic acids is 2. The van der Waals surface area contributed by atoms with E-state index in [2.05, 4.69) is 21.2 Å². The molecule has 0 bridgehead atoms. The van der Waals surface area contributed by atoms with Gasteiger partial charge in [0.05, 0.1) is 38.7 Å². The number of aromatic hydroxyl groups is 1. The van der Waals surface area contributed by atoms with Gasteiger partial charge in [-0.05, 0) is 55.3 Å². The number of benzene rings is 2. The highest BCUT2D eigenvalue weighted by Gasteiger charge is 2.32.